The van der Waals surface area contributed by atoms with Gasteiger partial charge in [-0.2, -0.15) is 0 Å². The van der Waals surface area contributed by atoms with Gasteiger partial charge in [0.05, 0.1) is 0 Å². The van der Waals surface area contributed by atoms with Crippen LogP contribution < -0.4 is 5.32 Å². The quantitative estimate of drug-likeness (QED) is 0.798. The molecule has 0 heterocycles. The van der Waals surface area contributed by atoms with E-state index in [1.54, 1.807) is 0 Å². The molecule has 2 N–H and O–H groups in total. The highest BCUT2D eigenvalue weighted by atomic mass is 16.3. The number of likely N-dealkylation sites (N-methyl/N-ethyl adjacent to an activating group) is 1. The van der Waals surface area contributed by atoms with Gasteiger partial charge in [-0.1, -0.05) is 12.1 Å². The van der Waals surface area contributed by atoms with Crippen molar-refractivity contribution in [3.05, 3.63) is 28.8 Å². The summed E-state index contributed by atoms with van der Waals surface area (Å²) in [6, 6.07) is 4.11. The lowest BCUT2D eigenvalue weighted by Gasteiger charge is -2.24. The molecule has 1 aromatic carbocycles. The van der Waals surface area contributed by atoms with Gasteiger partial charge in [-0.25, -0.2) is 0 Å². The lowest BCUT2D eigenvalue weighted by Crippen LogP contribution is -2.38. The topological polar surface area (TPSA) is 32.3 Å². The van der Waals surface area contributed by atoms with Crippen LogP contribution in [0.3, 0.4) is 0 Å². The fraction of sp³-hybridized carbons (Fsp3) is 0.538. The maximum absolute atomic E-state index is 9.67. The van der Waals surface area contributed by atoms with Crippen molar-refractivity contribution in [1.29, 1.82) is 0 Å². The van der Waals surface area contributed by atoms with Crippen molar-refractivity contribution in [1.82, 2.24) is 5.32 Å². The fourth-order valence-corrected chi connectivity index (χ4v) is 1.75. The van der Waals surface area contributed by atoms with Crippen LogP contribution in [0.4, 0.5) is 0 Å². The average molecular weight is 207 g/mol. The maximum atomic E-state index is 9.67. The van der Waals surface area contributed by atoms with E-state index < -0.39 is 0 Å². The number of phenols is 1. The van der Waals surface area contributed by atoms with Gasteiger partial charge in [0.25, 0.3) is 0 Å². The van der Waals surface area contributed by atoms with E-state index in [1.165, 1.54) is 5.56 Å². The molecule has 0 radical (unpaired) electrons. The van der Waals surface area contributed by atoms with E-state index >= 15 is 0 Å². The summed E-state index contributed by atoms with van der Waals surface area (Å²) in [4.78, 5) is 0. The van der Waals surface area contributed by atoms with Crippen molar-refractivity contribution in [2.45, 2.75) is 39.7 Å². The number of nitrogens with one attached hydrogen (secondary N) is 1. The lowest BCUT2D eigenvalue weighted by molar-refractivity contribution is 0.420. The molecule has 0 spiro atoms. The number of rotatable bonds is 3. The minimum absolute atomic E-state index is 0.0931. The average Bonchev–Trinajstić information content (AvgIpc) is 2.13. The minimum atomic E-state index is 0.0931. The van der Waals surface area contributed by atoms with Gasteiger partial charge in [0, 0.05) is 5.54 Å². The van der Waals surface area contributed by atoms with E-state index in [4.69, 9.17) is 0 Å². The summed E-state index contributed by atoms with van der Waals surface area (Å²) in [7, 11) is 1.97. The standard InChI is InChI=1S/C13H21NO/c1-9-6-11(7-10(2)12(9)15)8-13(3,4)14-5/h6-7,14-15H,8H2,1-5H3. The van der Waals surface area contributed by atoms with Gasteiger partial charge in [0.2, 0.25) is 0 Å². The summed E-state index contributed by atoms with van der Waals surface area (Å²) < 4.78 is 0. The molecule has 2 heteroatoms. The molecule has 1 aromatic rings. The van der Waals surface area contributed by atoms with Gasteiger partial charge in [-0.3, -0.25) is 0 Å². The second kappa shape index (κ2) is 4.23. The molecule has 1 rings (SSSR count). The molecule has 0 aromatic heterocycles. The Morgan fingerprint density at radius 1 is 1.20 bits per heavy atom. The Labute approximate surface area is 92.3 Å². The number of hydrogen-bond donors (Lipinski definition) is 2. The largest absolute Gasteiger partial charge is 0.507 e. The number of hydrogen-bond acceptors (Lipinski definition) is 2. The summed E-state index contributed by atoms with van der Waals surface area (Å²) in [5.41, 5.74) is 3.27. The van der Waals surface area contributed by atoms with Crippen LogP contribution in [-0.2, 0) is 6.42 Å². The van der Waals surface area contributed by atoms with Gasteiger partial charge in [0.1, 0.15) is 5.75 Å². The molecule has 0 unspecified atom stereocenters. The summed E-state index contributed by atoms with van der Waals surface area (Å²) in [5.74, 6) is 0.418. The van der Waals surface area contributed by atoms with Gasteiger partial charge < -0.3 is 10.4 Å². The third kappa shape index (κ3) is 2.96. The second-order valence-electron chi connectivity index (χ2n) is 4.89. The maximum Gasteiger partial charge on any atom is 0.121 e. The van der Waals surface area contributed by atoms with Crippen molar-refractivity contribution in [3.8, 4) is 5.75 Å². The highest BCUT2D eigenvalue weighted by Gasteiger charge is 2.16. The Hall–Kier alpha value is -1.02. The van der Waals surface area contributed by atoms with E-state index in [9.17, 15) is 5.11 Å². The van der Waals surface area contributed by atoms with Gasteiger partial charge in [0.15, 0.2) is 0 Å². The first-order chi connectivity index (χ1) is 6.85. The zero-order valence-corrected chi connectivity index (χ0v) is 10.3. The third-order valence-electron chi connectivity index (χ3n) is 2.87. The molecule has 0 aliphatic rings. The normalized spacial score (nSPS) is 11.8. The van der Waals surface area contributed by atoms with Crippen molar-refractivity contribution < 1.29 is 5.11 Å². The predicted octanol–water partition coefficient (Wildman–Crippen LogP) is 2.55. The molecule has 0 aliphatic heterocycles. The van der Waals surface area contributed by atoms with E-state index in [2.05, 4.69) is 31.3 Å². The predicted molar refractivity (Wildman–Crippen MR) is 64.4 cm³/mol. The van der Waals surface area contributed by atoms with Gasteiger partial charge in [-0.15, -0.1) is 0 Å². The van der Waals surface area contributed by atoms with Crippen LogP contribution in [0.1, 0.15) is 30.5 Å². The molecule has 2 nitrogen and oxygen atoms in total. The molecule has 15 heavy (non-hydrogen) atoms. The first kappa shape index (κ1) is 12.1. The molecule has 0 saturated carbocycles. The monoisotopic (exact) mass is 207 g/mol. The van der Waals surface area contributed by atoms with Crippen molar-refractivity contribution in [2.24, 2.45) is 0 Å². The van der Waals surface area contributed by atoms with E-state index in [0.717, 1.165) is 17.5 Å². The zero-order valence-electron chi connectivity index (χ0n) is 10.3. The third-order valence-corrected chi connectivity index (χ3v) is 2.87. The fourth-order valence-electron chi connectivity index (χ4n) is 1.75. The molecule has 0 amide bonds. The number of aromatic hydroxyl groups is 1. The Morgan fingerprint density at radius 2 is 1.67 bits per heavy atom. The molecular weight excluding hydrogens is 186 g/mol. The summed E-state index contributed by atoms with van der Waals surface area (Å²) >= 11 is 0. The van der Waals surface area contributed by atoms with E-state index in [0.29, 0.717) is 5.75 Å². The van der Waals surface area contributed by atoms with E-state index in [-0.39, 0.29) is 5.54 Å². The molecule has 0 fully saturated rings. The summed E-state index contributed by atoms with van der Waals surface area (Å²) in [6.07, 6.45) is 0.964. The van der Waals surface area contributed by atoms with Gasteiger partial charge >= 0.3 is 0 Å². The van der Waals surface area contributed by atoms with Crippen LogP contribution in [0.5, 0.6) is 5.75 Å². The second-order valence-corrected chi connectivity index (χ2v) is 4.89. The minimum Gasteiger partial charge on any atom is -0.507 e. The van der Waals surface area contributed by atoms with Crippen LogP contribution in [0, 0.1) is 13.8 Å². The molecule has 0 bridgehead atoms. The molecule has 0 saturated heterocycles. The van der Waals surface area contributed by atoms with Crippen molar-refractivity contribution in [2.75, 3.05) is 7.05 Å². The molecular formula is C13H21NO. The number of benzene rings is 1. The Balaban J connectivity index is 2.98. The molecule has 0 aliphatic carbocycles. The van der Waals surface area contributed by atoms with E-state index in [1.807, 2.05) is 20.9 Å². The van der Waals surface area contributed by atoms with Crippen LogP contribution in [0.15, 0.2) is 12.1 Å². The highest BCUT2D eigenvalue weighted by molar-refractivity contribution is 5.42. The van der Waals surface area contributed by atoms with Gasteiger partial charge in [-0.05, 0) is 57.9 Å². The highest BCUT2D eigenvalue weighted by Crippen LogP contribution is 2.24. The lowest BCUT2D eigenvalue weighted by atomic mass is 9.93. The Kier molecular flexibility index (Phi) is 3.40. The zero-order chi connectivity index (χ0) is 11.6. The summed E-state index contributed by atoms with van der Waals surface area (Å²) in [5, 5.41) is 13.0. The first-order valence-electron chi connectivity index (χ1n) is 5.34. The smallest absolute Gasteiger partial charge is 0.121 e. The van der Waals surface area contributed by atoms with Crippen LogP contribution in [0.25, 0.3) is 0 Å². The van der Waals surface area contributed by atoms with Crippen LogP contribution >= 0.6 is 0 Å². The number of aryl methyl sites for hydroxylation is 2. The van der Waals surface area contributed by atoms with Crippen molar-refractivity contribution >= 4 is 0 Å². The summed E-state index contributed by atoms with van der Waals surface area (Å²) in [6.45, 7) is 8.23. The Morgan fingerprint density at radius 3 is 2.07 bits per heavy atom. The Bertz CT molecular complexity index is 333. The van der Waals surface area contributed by atoms with Crippen LogP contribution in [0.2, 0.25) is 0 Å². The first-order valence-corrected chi connectivity index (χ1v) is 5.34. The van der Waals surface area contributed by atoms with Crippen molar-refractivity contribution in [3.63, 3.8) is 0 Å². The van der Waals surface area contributed by atoms with Crippen LogP contribution in [-0.4, -0.2) is 17.7 Å². The number of phenolic OH excluding ortho intramolecular Hbond substituents is 1. The molecule has 0 atom stereocenters. The SMILES string of the molecule is CNC(C)(C)Cc1cc(C)c(O)c(C)c1. The molecule has 84 valence electrons.